The summed E-state index contributed by atoms with van der Waals surface area (Å²) in [6.07, 6.45) is 0. The summed E-state index contributed by atoms with van der Waals surface area (Å²) in [6.45, 7) is 8.00. The van der Waals surface area contributed by atoms with Crippen LogP contribution in [0.3, 0.4) is 0 Å². The fourth-order valence-electron chi connectivity index (χ4n) is 0.744. The average molecular weight is 192 g/mol. The predicted molar refractivity (Wildman–Crippen MR) is 63.4 cm³/mol. The van der Waals surface area contributed by atoms with E-state index in [9.17, 15) is 0 Å². The summed E-state index contributed by atoms with van der Waals surface area (Å²) >= 11 is 0. The molecule has 0 radical (unpaired) electrons. The van der Waals surface area contributed by atoms with Crippen LogP contribution in [0.1, 0.15) is 33.3 Å². The maximum atomic E-state index is 8.48. The van der Waals surface area contributed by atoms with E-state index in [0.29, 0.717) is 5.56 Å². The Hall–Kier alpha value is -1.49. The van der Waals surface area contributed by atoms with Crippen LogP contribution in [0.4, 0.5) is 5.69 Å². The second-order valence-corrected chi connectivity index (χ2v) is 1.94. The van der Waals surface area contributed by atoms with E-state index < -0.39 is 0 Å². The maximum absolute atomic E-state index is 8.48. The number of nitrogens with one attached hydrogen (secondary N) is 1. The van der Waals surface area contributed by atoms with E-state index in [1.807, 2.05) is 46.9 Å². The van der Waals surface area contributed by atoms with E-state index in [-0.39, 0.29) is 0 Å². The van der Waals surface area contributed by atoms with Crippen molar-refractivity contribution in [1.29, 1.82) is 5.26 Å². The van der Waals surface area contributed by atoms with Crippen LogP contribution in [-0.4, -0.2) is 7.05 Å². The molecule has 0 saturated carbocycles. The Kier molecular flexibility index (Phi) is 12.3. The Bertz CT molecular complexity index is 261. The lowest BCUT2D eigenvalue weighted by molar-refractivity contribution is 1.46. The molecule has 2 heteroatoms. The molecule has 0 aliphatic heterocycles. The van der Waals surface area contributed by atoms with Gasteiger partial charge in [-0.15, -0.1) is 0 Å². The molecule has 0 amide bonds. The highest BCUT2D eigenvalue weighted by atomic mass is 14.8. The third-order valence-electron chi connectivity index (χ3n) is 1.28. The van der Waals surface area contributed by atoms with Gasteiger partial charge < -0.3 is 5.32 Å². The van der Waals surface area contributed by atoms with E-state index in [2.05, 4.69) is 11.4 Å². The van der Waals surface area contributed by atoms with E-state index >= 15 is 0 Å². The molecule has 0 aromatic heterocycles. The zero-order chi connectivity index (χ0) is 11.4. The van der Waals surface area contributed by atoms with Crippen molar-refractivity contribution in [2.24, 2.45) is 0 Å². The van der Waals surface area contributed by atoms with Gasteiger partial charge in [0.1, 0.15) is 0 Å². The number of nitriles is 1. The summed E-state index contributed by atoms with van der Waals surface area (Å²) in [4.78, 5) is 0. The second-order valence-electron chi connectivity index (χ2n) is 1.94. The number of anilines is 1. The standard InChI is InChI=1S/C8H8N2.2C2H6/c1-10-8-4-2-3-7(5-8)6-9;2*1-2/h2-5,10H,1H3;2*1-2H3. The lowest BCUT2D eigenvalue weighted by atomic mass is 10.2. The van der Waals surface area contributed by atoms with Crippen LogP contribution >= 0.6 is 0 Å². The van der Waals surface area contributed by atoms with Crippen LogP contribution in [0.2, 0.25) is 0 Å². The number of hydrogen-bond donors (Lipinski definition) is 1. The molecule has 0 spiro atoms. The lowest BCUT2D eigenvalue weighted by Crippen LogP contribution is -1.86. The van der Waals surface area contributed by atoms with Crippen molar-refractivity contribution in [1.82, 2.24) is 0 Å². The molecule has 0 atom stereocenters. The summed E-state index contributed by atoms with van der Waals surface area (Å²) in [5.41, 5.74) is 1.66. The van der Waals surface area contributed by atoms with Gasteiger partial charge in [0.05, 0.1) is 11.6 Å². The van der Waals surface area contributed by atoms with Crippen LogP contribution < -0.4 is 5.32 Å². The smallest absolute Gasteiger partial charge is 0.0992 e. The number of hydrogen-bond acceptors (Lipinski definition) is 2. The van der Waals surface area contributed by atoms with Crippen molar-refractivity contribution < 1.29 is 0 Å². The Morgan fingerprint density at radius 1 is 1.14 bits per heavy atom. The molecule has 0 bridgehead atoms. The summed E-state index contributed by atoms with van der Waals surface area (Å²) < 4.78 is 0. The van der Waals surface area contributed by atoms with Crippen molar-refractivity contribution in [3.8, 4) is 6.07 Å². The molecule has 1 N–H and O–H groups in total. The average Bonchev–Trinajstić information content (AvgIpc) is 2.34. The molecular formula is C12H20N2. The minimum absolute atomic E-state index is 0.687. The summed E-state index contributed by atoms with van der Waals surface area (Å²) in [5.74, 6) is 0. The van der Waals surface area contributed by atoms with Crippen molar-refractivity contribution >= 4 is 5.69 Å². The van der Waals surface area contributed by atoms with Crippen LogP contribution in [-0.2, 0) is 0 Å². The zero-order valence-electron chi connectivity index (χ0n) is 9.76. The molecule has 0 aliphatic carbocycles. The molecule has 1 aromatic rings. The molecule has 0 fully saturated rings. The van der Waals surface area contributed by atoms with Gasteiger partial charge >= 0.3 is 0 Å². The van der Waals surface area contributed by atoms with Gasteiger partial charge in [-0.25, -0.2) is 0 Å². The molecule has 78 valence electrons. The highest BCUT2D eigenvalue weighted by Crippen LogP contribution is 2.07. The summed E-state index contributed by atoms with van der Waals surface area (Å²) in [6, 6.07) is 9.41. The Morgan fingerprint density at radius 2 is 1.71 bits per heavy atom. The quantitative estimate of drug-likeness (QED) is 0.737. The first-order valence-electron chi connectivity index (χ1n) is 5.04. The van der Waals surface area contributed by atoms with Crippen LogP contribution in [0.25, 0.3) is 0 Å². The molecular weight excluding hydrogens is 172 g/mol. The SMILES string of the molecule is CC.CC.CNc1cccc(C#N)c1. The summed E-state index contributed by atoms with van der Waals surface area (Å²) in [7, 11) is 1.83. The van der Waals surface area contributed by atoms with Gasteiger partial charge in [0.25, 0.3) is 0 Å². The lowest BCUT2D eigenvalue weighted by Gasteiger charge is -1.96. The van der Waals surface area contributed by atoms with Crippen molar-refractivity contribution in [2.75, 3.05) is 12.4 Å². The highest BCUT2D eigenvalue weighted by molar-refractivity contribution is 5.48. The highest BCUT2D eigenvalue weighted by Gasteiger charge is 1.89. The third-order valence-corrected chi connectivity index (χ3v) is 1.28. The van der Waals surface area contributed by atoms with Crippen LogP contribution in [0.5, 0.6) is 0 Å². The van der Waals surface area contributed by atoms with E-state index in [1.54, 1.807) is 12.1 Å². The first-order valence-corrected chi connectivity index (χ1v) is 5.04. The van der Waals surface area contributed by atoms with Gasteiger partial charge in [0, 0.05) is 12.7 Å². The fraction of sp³-hybridized carbons (Fsp3) is 0.417. The number of nitrogens with zero attached hydrogens (tertiary/aromatic N) is 1. The van der Waals surface area contributed by atoms with Crippen LogP contribution in [0, 0.1) is 11.3 Å². The largest absolute Gasteiger partial charge is 0.388 e. The molecule has 0 aliphatic rings. The molecule has 0 saturated heterocycles. The van der Waals surface area contributed by atoms with E-state index in [4.69, 9.17) is 5.26 Å². The van der Waals surface area contributed by atoms with Gasteiger partial charge in [-0.05, 0) is 18.2 Å². The first kappa shape index (κ1) is 15.0. The number of benzene rings is 1. The molecule has 2 nitrogen and oxygen atoms in total. The molecule has 14 heavy (non-hydrogen) atoms. The fourth-order valence-corrected chi connectivity index (χ4v) is 0.744. The Labute approximate surface area is 87.6 Å². The number of rotatable bonds is 1. The van der Waals surface area contributed by atoms with Gasteiger partial charge in [-0.1, -0.05) is 33.8 Å². The van der Waals surface area contributed by atoms with Gasteiger partial charge in [0.15, 0.2) is 0 Å². The van der Waals surface area contributed by atoms with E-state index in [1.165, 1.54) is 0 Å². The minimum Gasteiger partial charge on any atom is -0.388 e. The maximum Gasteiger partial charge on any atom is 0.0992 e. The normalized spacial score (nSPS) is 6.86. The van der Waals surface area contributed by atoms with Crippen LogP contribution in [0.15, 0.2) is 24.3 Å². The third kappa shape index (κ3) is 6.07. The second kappa shape index (κ2) is 11.5. The Balaban J connectivity index is 0. The Morgan fingerprint density at radius 3 is 2.14 bits per heavy atom. The first-order chi connectivity index (χ1) is 6.86. The molecule has 1 aromatic carbocycles. The van der Waals surface area contributed by atoms with Crippen molar-refractivity contribution in [2.45, 2.75) is 27.7 Å². The summed E-state index contributed by atoms with van der Waals surface area (Å²) in [5, 5.41) is 11.4. The predicted octanol–water partition coefficient (Wildman–Crippen LogP) is 3.65. The molecule has 0 heterocycles. The van der Waals surface area contributed by atoms with Gasteiger partial charge in [0.2, 0.25) is 0 Å². The topological polar surface area (TPSA) is 35.8 Å². The van der Waals surface area contributed by atoms with Gasteiger partial charge in [-0.3, -0.25) is 0 Å². The zero-order valence-corrected chi connectivity index (χ0v) is 9.76. The molecule has 0 unspecified atom stereocenters. The minimum atomic E-state index is 0.687. The molecule has 1 rings (SSSR count). The van der Waals surface area contributed by atoms with Crippen molar-refractivity contribution in [3.63, 3.8) is 0 Å². The van der Waals surface area contributed by atoms with Gasteiger partial charge in [-0.2, -0.15) is 5.26 Å². The monoisotopic (exact) mass is 192 g/mol. The van der Waals surface area contributed by atoms with E-state index in [0.717, 1.165) is 5.69 Å². The van der Waals surface area contributed by atoms with Crippen molar-refractivity contribution in [3.05, 3.63) is 29.8 Å².